The SMILES string of the molecule is CC(=O)NC1C(C(C)C)OC(CO)C(O)C1OC1OC(C(=O)NBNC(=O)C2OC(OC3C(O)C(CO)OC(C)(C)C3NC(C)=O)C(O)C(O)C2O)C(O)C(O)C1O. The molecule has 4 aliphatic heterocycles. The molecule has 0 bridgehead atoms. The molecule has 0 spiro atoms. The summed E-state index contributed by atoms with van der Waals surface area (Å²) in [7, 11) is -0.766. The Morgan fingerprint density at radius 3 is 1.52 bits per heavy atom. The number of amides is 4. The third-order valence-corrected chi connectivity index (χ3v) is 10.5. The molecule has 0 aromatic rings. The van der Waals surface area contributed by atoms with Crippen molar-refractivity contribution in [1.29, 1.82) is 0 Å². The minimum atomic E-state index is -2.07. The number of nitrogens with one attached hydrogen (secondary N) is 4. The largest absolute Gasteiger partial charge is 0.394 e. The van der Waals surface area contributed by atoms with Gasteiger partial charge < -0.3 is 101 Å². The van der Waals surface area contributed by atoms with Crippen LogP contribution in [0.4, 0.5) is 0 Å². The number of aliphatic hydroxyl groups excluding tert-OH is 10. The van der Waals surface area contributed by atoms with Gasteiger partial charge in [-0.3, -0.25) is 19.2 Å². The summed E-state index contributed by atoms with van der Waals surface area (Å²) in [5.74, 6) is -3.76. The molecule has 25 heteroatoms. The van der Waals surface area contributed by atoms with Crippen LogP contribution in [-0.2, 0) is 47.6 Å². The topological polar surface area (TPSA) is 374 Å². The molecule has 0 saturated carbocycles. The fourth-order valence-corrected chi connectivity index (χ4v) is 7.47. The number of rotatable bonds is 13. The quantitative estimate of drug-likeness (QED) is 0.0766. The monoisotopic (exact) mass is 840 g/mol. The number of hydrogen-bond donors (Lipinski definition) is 14. The Bertz CT molecular complexity index is 1430. The van der Waals surface area contributed by atoms with E-state index in [1.165, 1.54) is 27.7 Å². The first kappa shape index (κ1) is 48.0. The highest BCUT2D eigenvalue weighted by Crippen LogP contribution is 2.35. The van der Waals surface area contributed by atoms with Gasteiger partial charge in [0, 0.05) is 13.8 Å². The Morgan fingerprint density at radius 2 is 1.09 bits per heavy atom. The summed E-state index contributed by atoms with van der Waals surface area (Å²) in [4.78, 5) is 50.6. The molecule has 19 unspecified atom stereocenters. The predicted octanol–water partition coefficient (Wildman–Crippen LogP) is -8.81. The van der Waals surface area contributed by atoms with Gasteiger partial charge in [-0.25, -0.2) is 0 Å². The Morgan fingerprint density at radius 1 is 0.638 bits per heavy atom. The van der Waals surface area contributed by atoms with E-state index in [1.54, 1.807) is 13.8 Å². The van der Waals surface area contributed by atoms with E-state index in [0.717, 1.165) is 0 Å². The van der Waals surface area contributed by atoms with Crippen LogP contribution in [0, 0.1) is 5.92 Å². The smallest absolute Gasteiger partial charge is 0.356 e. The van der Waals surface area contributed by atoms with Crippen LogP contribution < -0.4 is 21.1 Å². The van der Waals surface area contributed by atoms with Crippen molar-refractivity contribution >= 4 is 31.2 Å². The minimum Gasteiger partial charge on any atom is -0.394 e. The van der Waals surface area contributed by atoms with Gasteiger partial charge in [-0.15, -0.1) is 0 Å². The summed E-state index contributed by atoms with van der Waals surface area (Å²) in [6, 6.07) is -2.20. The highest BCUT2D eigenvalue weighted by Gasteiger charge is 2.56. The lowest BCUT2D eigenvalue weighted by molar-refractivity contribution is -0.330. The van der Waals surface area contributed by atoms with Crippen molar-refractivity contribution in [2.45, 2.75) is 163 Å². The molecule has 4 heterocycles. The zero-order chi connectivity index (χ0) is 43.5. The molecule has 4 rings (SSSR count). The second-order valence-electron chi connectivity index (χ2n) is 15.6. The molecule has 14 N–H and O–H groups in total. The predicted molar refractivity (Wildman–Crippen MR) is 190 cm³/mol. The Kier molecular flexibility index (Phi) is 16.4. The lowest BCUT2D eigenvalue weighted by Crippen LogP contribution is -2.71. The molecular formula is C33H57BN4O20. The Hall–Kier alpha value is -2.70. The van der Waals surface area contributed by atoms with Crippen molar-refractivity contribution in [2.24, 2.45) is 5.92 Å². The zero-order valence-corrected chi connectivity index (χ0v) is 32.7. The lowest BCUT2D eigenvalue weighted by atomic mass is 9.84. The van der Waals surface area contributed by atoms with Gasteiger partial charge >= 0.3 is 7.55 Å². The summed E-state index contributed by atoms with van der Waals surface area (Å²) < 4.78 is 34.2. The van der Waals surface area contributed by atoms with Crippen LogP contribution in [0.25, 0.3) is 0 Å². The van der Waals surface area contributed by atoms with Crippen molar-refractivity contribution in [3.8, 4) is 0 Å². The first-order chi connectivity index (χ1) is 27.1. The molecule has 4 fully saturated rings. The molecular weight excluding hydrogens is 783 g/mol. The van der Waals surface area contributed by atoms with E-state index in [0.29, 0.717) is 0 Å². The van der Waals surface area contributed by atoms with Gasteiger partial charge in [-0.1, -0.05) is 13.8 Å². The third kappa shape index (κ3) is 10.4. The van der Waals surface area contributed by atoms with E-state index < -0.39 is 166 Å². The highest BCUT2D eigenvalue weighted by molar-refractivity contribution is 6.38. The second kappa shape index (κ2) is 19.8. The second-order valence-corrected chi connectivity index (χ2v) is 15.6. The van der Waals surface area contributed by atoms with E-state index in [4.69, 9.17) is 28.4 Å². The van der Waals surface area contributed by atoms with Crippen molar-refractivity contribution < 1.29 is 98.7 Å². The zero-order valence-electron chi connectivity index (χ0n) is 32.7. The van der Waals surface area contributed by atoms with Gasteiger partial charge in [0.1, 0.15) is 73.2 Å². The van der Waals surface area contributed by atoms with E-state index in [9.17, 15) is 70.2 Å². The molecule has 0 radical (unpaired) electrons. The number of ether oxygens (including phenoxy) is 6. The van der Waals surface area contributed by atoms with Crippen LogP contribution in [0.15, 0.2) is 0 Å². The molecule has 4 saturated heterocycles. The van der Waals surface area contributed by atoms with Crippen LogP contribution in [0.3, 0.4) is 0 Å². The fourth-order valence-electron chi connectivity index (χ4n) is 7.47. The van der Waals surface area contributed by atoms with Crippen LogP contribution in [-0.4, -0.2) is 217 Å². The van der Waals surface area contributed by atoms with Crippen LogP contribution in [0.2, 0.25) is 0 Å². The van der Waals surface area contributed by atoms with E-state index in [2.05, 4.69) is 21.1 Å². The average Bonchev–Trinajstić information content (AvgIpc) is 3.15. The summed E-state index contributed by atoms with van der Waals surface area (Å²) in [5.41, 5.74) is -1.27. The first-order valence-corrected chi connectivity index (χ1v) is 18.8. The van der Waals surface area contributed by atoms with Crippen LogP contribution >= 0.6 is 0 Å². The molecule has 0 aromatic carbocycles. The molecule has 24 nitrogen and oxygen atoms in total. The maximum absolute atomic E-state index is 13.2. The van der Waals surface area contributed by atoms with Gasteiger partial charge in [-0.2, -0.15) is 0 Å². The first-order valence-electron chi connectivity index (χ1n) is 18.8. The lowest BCUT2D eigenvalue weighted by Gasteiger charge is -2.51. The summed E-state index contributed by atoms with van der Waals surface area (Å²) >= 11 is 0. The summed E-state index contributed by atoms with van der Waals surface area (Å²) in [5, 5.41) is 115. The maximum atomic E-state index is 13.2. The van der Waals surface area contributed by atoms with E-state index >= 15 is 0 Å². The Balaban J connectivity index is 1.43. The summed E-state index contributed by atoms with van der Waals surface area (Å²) in [6.07, 6.45) is -29.5. The normalized spacial score (nSPS) is 42.9. The molecule has 0 aromatic heterocycles. The standard InChI is InChI=1S/C33H57BN4O20/c1-9(2)23-14(35-10(3)41)24(15(43)12(7-39)53-23)54-31-21(49)17(45)19(47)26(56-31)29(51)37-34-38-30(52)27-20(48)18(46)22(50)32(57-27)55-25-16(44)13(8-40)58-33(5,6)28(25)36-11(4)42/h9,12-28,31-32,34,39-40,43-50H,7-8H2,1-6H3,(H,35,41)(H,36,42)(H,37,51)(H,38,52). The highest BCUT2D eigenvalue weighted by atomic mass is 16.7. The van der Waals surface area contributed by atoms with Crippen LogP contribution in [0.1, 0.15) is 41.5 Å². The number of aliphatic hydroxyl groups is 10. The van der Waals surface area contributed by atoms with E-state index in [-0.39, 0.29) is 5.92 Å². The van der Waals surface area contributed by atoms with Crippen molar-refractivity contribution in [3.63, 3.8) is 0 Å². The molecule has 4 aliphatic rings. The molecule has 19 atom stereocenters. The third-order valence-electron chi connectivity index (χ3n) is 10.5. The van der Waals surface area contributed by atoms with Gasteiger partial charge in [0.05, 0.1) is 37.0 Å². The number of carbonyl (C=O) groups excluding carboxylic acids is 4. The molecule has 0 aliphatic carbocycles. The number of hydrogen-bond acceptors (Lipinski definition) is 20. The molecule has 4 amide bonds. The van der Waals surface area contributed by atoms with Crippen molar-refractivity contribution in [3.05, 3.63) is 0 Å². The van der Waals surface area contributed by atoms with Crippen molar-refractivity contribution in [1.82, 2.24) is 21.1 Å². The van der Waals surface area contributed by atoms with Crippen LogP contribution in [0.5, 0.6) is 0 Å². The average molecular weight is 841 g/mol. The minimum absolute atomic E-state index is 0.302. The van der Waals surface area contributed by atoms with E-state index in [1.807, 2.05) is 0 Å². The molecule has 332 valence electrons. The maximum Gasteiger partial charge on any atom is 0.356 e. The summed E-state index contributed by atoms with van der Waals surface area (Å²) in [6.45, 7) is 7.57. The van der Waals surface area contributed by atoms with Gasteiger partial charge in [0.15, 0.2) is 24.8 Å². The molecule has 58 heavy (non-hydrogen) atoms. The Labute approximate surface area is 333 Å². The van der Waals surface area contributed by atoms with Crippen molar-refractivity contribution in [2.75, 3.05) is 13.2 Å². The number of carbonyl (C=O) groups is 4. The fraction of sp³-hybridized carbons (Fsp3) is 0.879. The van der Waals surface area contributed by atoms with Gasteiger partial charge in [0.2, 0.25) is 23.6 Å². The van der Waals surface area contributed by atoms with Gasteiger partial charge in [-0.05, 0) is 19.8 Å². The van der Waals surface area contributed by atoms with Gasteiger partial charge in [0.25, 0.3) is 0 Å².